The first-order chi connectivity index (χ1) is 13.2. The topological polar surface area (TPSA) is 66.6 Å². The smallest absolute Gasteiger partial charge is 0.253 e. The maximum atomic E-state index is 12.7. The number of H-pyrrole nitrogens is 1. The van der Waals surface area contributed by atoms with E-state index in [4.69, 9.17) is 21.7 Å². The first-order valence-electron chi connectivity index (χ1n) is 9.65. The maximum absolute atomic E-state index is 12.7. The van der Waals surface area contributed by atoms with Gasteiger partial charge in [-0.25, -0.2) is 0 Å². The van der Waals surface area contributed by atoms with E-state index >= 15 is 0 Å². The minimum absolute atomic E-state index is 0.0820. The average Bonchev–Trinajstić information content (AvgIpc) is 3.19. The fourth-order valence-corrected chi connectivity index (χ4v) is 4.28. The molecular formula is C20H25N3O3S. The van der Waals surface area contributed by atoms with Gasteiger partial charge >= 0.3 is 0 Å². The molecule has 4 rings (SSSR count). The molecule has 0 unspecified atom stereocenters. The van der Waals surface area contributed by atoms with Crippen molar-refractivity contribution >= 4 is 28.2 Å². The molecule has 0 atom stereocenters. The Balaban J connectivity index is 1.67. The van der Waals surface area contributed by atoms with Crippen LogP contribution in [0.4, 0.5) is 0 Å². The van der Waals surface area contributed by atoms with Gasteiger partial charge in [-0.15, -0.1) is 0 Å². The van der Waals surface area contributed by atoms with Gasteiger partial charge in [0, 0.05) is 29.6 Å². The zero-order valence-corrected chi connectivity index (χ0v) is 16.4. The molecule has 2 heterocycles. The van der Waals surface area contributed by atoms with Gasteiger partial charge in [0.2, 0.25) is 0 Å². The monoisotopic (exact) mass is 387 g/mol. The van der Waals surface area contributed by atoms with Gasteiger partial charge in [0.25, 0.3) is 5.56 Å². The Morgan fingerprint density at radius 1 is 1.22 bits per heavy atom. The Morgan fingerprint density at radius 2 is 1.93 bits per heavy atom. The molecule has 0 radical (unpaired) electrons. The fraction of sp³-hybridized carbons (Fsp3) is 0.500. The van der Waals surface area contributed by atoms with Crippen molar-refractivity contribution < 1.29 is 9.47 Å². The van der Waals surface area contributed by atoms with Crippen molar-refractivity contribution in [2.24, 2.45) is 0 Å². The van der Waals surface area contributed by atoms with E-state index in [1.165, 1.54) is 12.8 Å². The summed E-state index contributed by atoms with van der Waals surface area (Å²) in [6, 6.07) is 6.12. The van der Waals surface area contributed by atoms with Crippen molar-refractivity contribution in [1.82, 2.24) is 15.2 Å². The number of rotatable bonds is 4. The number of hydrogen-bond acceptors (Lipinski definition) is 4. The van der Waals surface area contributed by atoms with E-state index in [2.05, 4.69) is 15.2 Å². The summed E-state index contributed by atoms with van der Waals surface area (Å²) >= 11 is 5.60. The van der Waals surface area contributed by atoms with Crippen molar-refractivity contribution in [2.75, 3.05) is 19.8 Å². The molecule has 1 aromatic carbocycles. The van der Waals surface area contributed by atoms with Gasteiger partial charge in [0.05, 0.1) is 12.1 Å². The Hall–Kier alpha value is -2.28. The van der Waals surface area contributed by atoms with Gasteiger partial charge in [-0.3, -0.25) is 4.79 Å². The van der Waals surface area contributed by atoms with Crippen LogP contribution in [-0.4, -0.2) is 40.8 Å². The van der Waals surface area contributed by atoms with Crippen LogP contribution in [0.15, 0.2) is 23.0 Å². The quantitative estimate of drug-likeness (QED) is 0.787. The number of nitrogens with zero attached hydrogens (tertiary/aromatic N) is 1. The second-order valence-electron chi connectivity index (χ2n) is 7.11. The summed E-state index contributed by atoms with van der Waals surface area (Å²) in [5.41, 5.74) is 1.39. The van der Waals surface area contributed by atoms with Gasteiger partial charge < -0.3 is 24.7 Å². The van der Waals surface area contributed by atoms with Crippen molar-refractivity contribution in [3.05, 3.63) is 34.1 Å². The lowest BCUT2D eigenvalue weighted by Crippen LogP contribution is -2.45. The normalized spacial score (nSPS) is 16.5. The summed E-state index contributed by atoms with van der Waals surface area (Å²) in [6.45, 7) is 4.39. The highest BCUT2D eigenvalue weighted by atomic mass is 32.1. The van der Waals surface area contributed by atoms with Crippen molar-refractivity contribution in [1.29, 1.82) is 0 Å². The maximum Gasteiger partial charge on any atom is 0.253 e. The third-order valence-corrected chi connectivity index (χ3v) is 5.66. The zero-order chi connectivity index (χ0) is 18.8. The molecule has 2 aliphatic rings. The van der Waals surface area contributed by atoms with Crippen molar-refractivity contribution in [3.8, 4) is 11.5 Å². The van der Waals surface area contributed by atoms with Gasteiger partial charge in [0.1, 0.15) is 13.2 Å². The van der Waals surface area contributed by atoms with Gasteiger partial charge in [-0.2, -0.15) is 0 Å². The van der Waals surface area contributed by atoms with Crippen LogP contribution in [-0.2, 0) is 6.54 Å². The number of benzene rings is 1. The van der Waals surface area contributed by atoms with E-state index < -0.39 is 0 Å². The summed E-state index contributed by atoms with van der Waals surface area (Å²) in [4.78, 5) is 17.9. The number of hydrogen-bond donors (Lipinski definition) is 2. The molecule has 2 N–H and O–H groups in total. The summed E-state index contributed by atoms with van der Waals surface area (Å²) in [7, 11) is 0. The lowest BCUT2D eigenvalue weighted by Gasteiger charge is -2.31. The average molecular weight is 388 g/mol. The predicted molar refractivity (Wildman–Crippen MR) is 110 cm³/mol. The zero-order valence-electron chi connectivity index (χ0n) is 15.5. The van der Waals surface area contributed by atoms with Crippen molar-refractivity contribution in [2.45, 2.75) is 45.2 Å². The van der Waals surface area contributed by atoms with Crippen LogP contribution in [0, 0.1) is 0 Å². The van der Waals surface area contributed by atoms with E-state index in [0.29, 0.717) is 37.1 Å². The first kappa shape index (κ1) is 18.1. The number of pyridine rings is 1. The largest absolute Gasteiger partial charge is 0.486 e. The Bertz CT molecular complexity index is 905. The number of nitrogens with one attached hydrogen (secondary N) is 2. The third-order valence-electron chi connectivity index (χ3n) is 5.28. The minimum atomic E-state index is -0.0820. The van der Waals surface area contributed by atoms with Crippen LogP contribution in [0.25, 0.3) is 10.9 Å². The second kappa shape index (κ2) is 7.76. The lowest BCUT2D eigenvalue weighted by molar-refractivity contribution is 0.172. The number of aromatic nitrogens is 1. The molecule has 0 saturated heterocycles. The number of fused-ring (bicyclic) bond motifs is 2. The summed E-state index contributed by atoms with van der Waals surface area (Å²) in [6.07, 6.45) is 4.67. The van der Waals surface area contributed by atoms with Gasteiger partial charge in [0.15, 0.2) is 16.6 Å². The van der Waals surface area contributed by atoms with Crippen LogP contribution in [0.3, 0.4) is 0 Å². The number of aromatic amines is 1. The molecule has 2 aromatic rings. The molecule has 1 aliphatic heterocycles. The van der Waals surface area contributed by atoms with E-state index in [-0.39, 0.29) is 5.56 Å². The molecule has 6 nitrogen and oxygen atoms in total. The summed E-state index contributed by atoms with van der Waals surface area (Å²) in [5, 5.41) is 4.92. The van der Waals surface area contributed by atoms with E-state index in [0.717, 1.165) is 41.2 Å². The Morgan fingerprint density at radius 3 is 2.63 bits per heavy atom. The molecule has 0 bridgehead atoms. The van der Waals surface area contributed by atoms with Crippen LogP contribution >= 0.6 is 12.2 Å². The SMILES string of the molecule is CCNC(=S)N(Cc1cc2cc3c(cc2[nH]c1=O)OCCO3)C1CCCC1. The molecule has 1 aromatic heterocycles. The van der Waals surface area contributed by atoms with Gasteiger partial charge in [-0.05, 0) is 44.1 Å². The predicted octanol–water partition coefficient (Wildman–Crippen LogP) is 2.94. The van der Waals surface area contributed by atoms with Crippen LogP contribution in [0.1, 0.15) is 38.2 Å². The van der Waals surface area contributed by atoms with Crippen LogP contribution < -0.4 is 20.3 Å². The molecule has 7 heteroatoms. The molecular weight excluding hydrogens is 362 g/mol. The first-order valence-corrected chi connectivity index (χ1v) is 10.1. The molecule has 144 valence electrons. The molecule has 0 spiro atoms. The lowest BCUT2D eigenvalue weighted by atomic mass is 10.1. The highest BCUT2D eigenvalue weighted by Gasteiger charge is 2.25. The Kier molecular flexibility index (Phi) is 5.20. The standard InChI is InChI=1S/C20H25N3O3S/c1-2-21-20(27)23(15-5-3-4-6-15)12-14-9-13-10-17-18(26-8-7-25-17)11-16(13)22-19(14)24/h9-11,15H,2-8,12H2,1H3,(H,21,27)(H,22,24). The number of ether oxygens (including phenoxy) is 2. The van der Waals surface area contributed by atoms with Crippen LogP contribution in [0.2, 0.25) is 0 Å². The van der Waals surface area contributed by atoms with E-state index in [1.54, 1.807) is 0 Å². The highest BCUT2D eigenvalue weighted by molar-refractivity contribution is 7.80. The molecule has 0 amide bonds. The third kappa shape index (κ3) is 3.74. The van der Waals surface area contributed by atoms with E-state index in [9.17, 15) is 4.79 Å². The van der Waals surface area contributed by atoms with Crippen LogP contribution in [0.5, 0.6) is 11.5 Å². The van der Waals surface area contributed by atoms with E-state index in [1.807, 2.05) is 25.1 Å². The van der Waals surface area contributed by atoms with Gasteiger partial charge in [-0.1, -0.05) is 12.8 Å². The summed E-state index contributed by atoms with van der Waals surface area (Å²) < 4.78 is 11.3. The molecule has 1 aliphatic carbocycles. The molecule has 1 saturated carbocycles. The Labute approximate surface area is 163 Å². The second-order valence-corrected chi connectivity index (χ2v) is 7.50. The van der Waals surface area contributed by atoms with Crippen molar-refractivity contribution in [3.63, 3.8) is 0 Å². The molecule has 27 heavy (non-hydrogen) atoms. The molecule has 1 fully saturated rings. The summed E-state index contributed by atoms with van der Waals surface area (Å²) in [5.74, 6) is 1.40. The fourth-order valence-electron chi connectivity index (χ4n) is 3.92. The minimum Gasteiger partial charge on any atom is -0.486 e. The highest BCUT2D eigenvalue weighted by Crippen LogP contribution is 2.34. The number of thiocarbonyl (C=S) groups is 1.